The first-order valence-corrected chi connectivity index (χ1v) is 6.90. The van der Waals surface area contributed by atoms with Crippen LogP contribution >= 0.6 is 0 Å². The summed E-state index contributed by atoms with van der Waals surface area (Å²) in [5.41, 5.74) is 1.64. The van der Waals surface area contributed by atoms with Gasteiger partial charge in [0.2, 0.25) is 0 Å². The highest BCUT2D eigenvalue weighted by Crippen LogP contribution is 2.31. The topological polar surface area (TPSA) is 15.3 Å². The van der Waals surface area contributed by atoms with Gasteiger partial charge in [-0.25, -0.2) is 0 Å². The van der Waals surface area contributed by atoms with Gasteiger partial charge in [0.25, 0.3) is 0 Å². The fourth-order valence-corrected chi connectivity index (χ4v) is 3.48. The molecule has 100 valence electrons. The summed E-state index contributed by atoms with van der Waals surface area (Å²) in [6.07, 6.45) is 1.18. The molecule has 0 aliphatic carbocycles. The molecule has 0 saturated carbocycles. The van der Waals surface area contributed by atoms with E-state index in [1.54, 1.807) is 0 Å². The Labute approximate surface area is 111 Å². The smallest absolute Gasteiger partial charge is 0.0663 e. The van der Waals surface area contributed by atoms with Crippen molar-refractivity contribution >= 4 is 0 Å². The molecule has 2 nitrogen and oxygen atoms in total. The van der Waals surface area contributed by atoms with Crippen LogP contribution < -0.4 is 5.32 Å². The molecule has 1 fully saturated rings. The summed E-state index contributed by atoms with van der Waals surface area (Å²) in [6, 6.07) is 11.3. The van der Waals surface area contributed by atoms with Crippen molar-refractivity contribution in [3.8, 4) is 0 Å². The van der Waals surface area contributed by atoms with Crippen LogP contribution in [-0.2, 0) is 6.54 Å². The normalized spacial score (nSPS) is 27.1. The lowest BCUT2D eigenvalue weighted by Crippen LogP contribution is -2.68. The summed E-state index contributed by atoms with van der Waals surface area (Å²) in [5.74, 6) is 0. The van der Waals surface area contributed by atoms with Crippen LogP contribution in [0.25, 0.3) is 0 Å². The average molecular weight is 246 g/mol. The third-order valence-corrected chi connectivity index (χ3v) is 3.90. The van der Waals surface area contributed by atoms with Crippen molar-refractivity contribution in [2.75, 3.05) is 0 Å². The molecule has 2 rings (SSSR count). The molecule has 0 spiro atoms. The summed E-state index contributed by atoms with van der Waals surface area (Å²) in [4.78, 5) is 2.56. The molecular formula is C16H26N2. The molecule has 2 heteroatoms. The molecule has 0 amide bonds. The minimum absolute atomic E-state index is 0.0387. The molecule has 1 aliphatic heterocycles. The van der Waals surface area contributed by atoms with Gasteiger partial charge in [0, 0.05) is 18.1 Å². The molecule has 1 aromatic carbocycles. The molecular weight excluding hydrogens is 220 g/mol. The molecule has 1 aliphatic rings. The van der Waals surface area contributed by atoms with Gasteiger partial charge in [-0.1, -0.05) is 30.3 Å². The first-order chi connectivity index (χ1) is 8.30. The van der Waals surface area contributed by atoms with Gasteiger partial charge in [-0.2, -0.15) is 0 Å². The van der Waals surface area contributed by atoms with E-state index in [0.717, 1.165) is 6.54 Å². The van der Waals surface area contributed by atoms with Gasteiger partial charge < -0.3 is 0 Å². The number of hydrogen-bond acceptors (Lipinski definition) is 2. The second-order valence-corrected chi connectivity index (χ2v) is 6.73. The molecule has 1 atom stereocenters. The van der Waals surface area contributed by atoms with Crippen LogP contribution in [0, 0.1) is 0 Å². The first kappa shape index (κ1) is 13.6. The fraction of sp³-hybridized carbons (Fsp3) is 0.625. The van der Waals surface area contributed by atoms with Crippen LogP contribution in [0.3, 0.4) is 0 Å². The second-order valence-electron chi connectivity index (χ2n) is 6.73. The monoisotopic (exact) mass is 246 g/mol. The summed E-state index contributed by atoms with van der Waals surface area (Å²) in [7, 11) is 0. The highest BCUT2D eigenvalue weighted by molar-refractivity contribution is 5.15. The molecule has 0 aromatic heterocycles. The van der Waals surface area contributed by atoms with Crippen molar-refractivity contribution < 1.29 is 0 Å². The largest absolute Gasteiger partial charge is 0.295 e. The third-order valence-electron chi connectivity index (χ3n) is 3.90. The Morgan fingerprint density at radius 1 is 1.17 bits per heavy atom. The molecule has 1 unspecified atom stereocenters. The van der Waals surface area contributed by atoms with Crippen molar-refractivity contribution in [2.45, 2.75) is 64.8 Å². The van der Waals surface area contributed by atoms with Crippen molar-refractivity contribution in [1.82, 2.24) is 10.2 Å². The lowest BCUT2D eigenvalue weighted by Gasteiger charge is -2.54. The molecule has 0 bridgehead atoms. The van der Waals surface area contributed by atoms with Gasteiger partial charge in [0.05, 0.1) is 5.66 Å². The maximum absolute atomic E-state index is 3.76. The Kier molecular flexibility index (Phi) is 3.52. The van der Waals surface area contributed by atoms with Crippen LogP contribution in [0.4, 0.5) is 0 Å². The Bertz CT molecular complexity index is 395. The van der Waals surface area contributed by atoms with Gasteiger partial charge >= 0.3 is 0 Å². The number of nitrogens with zero attached hydrogens (tertiary/aromatic N) is 1. The fourth-order valence-electron chi connectivity index (χ4n) is 3.48. The summed E-state index contributed by atoms with van der Waals surface area (Å²) >= 11 is 0. The molecule has 18 heavy (non-hydrogen) atoms. The Hall–Kier alpha value is -0.860. The maximum atomic E-state index is 3.76. The summed E-state index contributed by atoms with van der Waals surface area (Å²) < 4.78 is 0. The molecule has 1 aromatic rings. The zero-order chi connectivity index (χ0) is 13.4. The second kappa shape index (κ2) is 4.67. The average Bonchev–Trinajstić information content (AvgIpc) is 2.23. The number of hydrogen-bond donors (Lipinski definition) is 1. The SMILES string of the molecule is CC1CC(C)(C)NC(C)(C)N1Cc1ccccc1. The molecule has 1 saturated heterocycles. The van der Waals surface area contributed by atoms with Crippen LogP contribution in [-0.4, -0.2) is 22.1 Å². The van der Waals surface area contributed by atoms with E-state index in [0.29, 0.717) is 6.04 Å². The highest BCUT2D eigenvalue weighted by Gasteiger charge is 2.41. The van der Waals surface area contributed by atoms with Crippen LogP contribution in [0.5, 0.6) is 0 Å². The van der Waals surface area contributed by atoms with E-state index in [1.165, 1.54) is 12.0 Å². The molecule has 0 radical (unpaired) electrons. The maximum Gasteiger partial charge on any atom is 0.0663 e. The summed E-state index contributed by atoms with van der Waals surface area (Å²) in [6.45, 7) is 12.5. The van der Waals surface area contributed by atoms with Crippen molar-refractivity contribution in [2.24, 2.45) is 0 Å². The minimum atomic E-state index is 0.0387. The lowest BCUT2D eigenvalue weighted by atomic mass is 9.87. The predicted octanol–water partition coefficient (Wildman–Crippen LogP) is 3.39. The quantitative estimate of drug-likeness (QED) is 0.860. The minimum Gasteiger partial charge on any atom is -0.295 e. The highest BCUT2D eigenvalue weighted by atomic mass is 15.4. The van der Waals surface area contributed by atoms with E-state index in [1.807, 2.05) is 0 Å². The van der Waals surface area contributed by atoms with E-state index < -0.39 is 0 Å². The van der Waals surface area contributed by atoms with Crippen LogP contribution in [0.15, 0.2) is 30.3 Å². The van der Waals surface area contributed by atoms with Gasteiger partial charge in [-0.05, 0) is 46.6 Å². The Morgan fingerprint density at radius 2 is 1.78 bits per heavy atom. The zero-order valence-electron chi connectivity index (χ0n) is 12.3. The van der Waals surface area contributed by atoms with Crippen LogP contribution in [0.2, 0.25) is 0 Å². The van der Waals surface area contributed by atoms with Gasteiger partial charge in [0.1, 0.15) is 0 Å². The third kappa shape index (κ3) is 2.93. The number of benzene rings is 1. The van der Waals surface area contributed by atoms with E-state index >= 15 is 0 Å². The predicted molar refractivity (Wildman–Crippen MR) is 77.4 cm³/mol. The van der Waals surface area contributed by atoms with Gasteiger partial charge in [-0.3, -0.25) is 10.2 Å². The van der Waals surface area contributed by atoms with Crippen LogP contribution in [0.1, 0.15) is 46.6 Å². The first-order valence-electron chi connectivity index (χ1n) is 6.90. The Balaban J connectivity index is 2.17. The standard InChI is InChI=1S/C16H26N2/c1-13-11-15(2,3)17-16(4,5)18(13)12-14-9-7-6-8-10-14/h6-10,13,17H,11-12H2,1-5H3. The number of nitrogens with one attached hydrogen (secondary N) is 1. The van der Waals surface area contributed by atoms with E-state index in [-0.39, 0.29) is 11.2 Å². The van der Waals surface area contributed by atoms with E-state index in [9.17, 15) is 0 Å². The summed E-state index contributed by atoms with van der Waals surface area (Å²) in [5, 5.41) is 3.76. The molecule has 1 heterocycles. The molecule has 1 N–H and O–H groups in total. The van der Waals surface area contributed by atoms with E-state index in [2.05, 4.69) is 75.2 Å². The van der Waals surface area contributed by atoms with Crippen molar-refractivity contribution in [3.63, 3.8) is 0 Å². The zero-order valence-corrected chi connectivity index (χ0v) is 12.3. The van der Waals surface area contributed by atoms with E-state index in [4.69, 9.17) is 0 Å². The lowest BCUT2D eigenvalue weighted by molar-refractivity contribution is -0.0360. The van der Waals surface area contributed by atoms with Gasteiger partial charge in [-0.15, -0.1) is 0 Å². The number of rotatable bonds is 2. The van der Waals surface area contributed by atoms with Crippen molar-refractivity contribution in [3.05, 3.63) is 35.9 Å². The van der Waals surface area contributed by atoms with Crippen molar-refractivity contribution in [1.29, 1.82) is 0 Å². The Morgan fingerprint density at radius 3 is 2.33 bits per heavy atom. The van der Waals surface area contributed by atoms with Gasteiger partial charge in [0.15, 0.2) is 0 Å².